The van der Waals surface area contributed by atoms with Crippen LogP contribution in [0, 0.1) is 0 Å². The molecule has 0 bridgehead atoms. The average Bonchev–Trinajstić information content (AvgIpc) is 2.43. The summed E-state index contributed by atoms with van der Waals surface area (Å²) >= 11 is 0. The van der Waals surface area contributed by atoms with Gasteiger partial charge in [-0.2, -0.15) is 0 Å². The van der Waals surface area contributed by atoms with E-state index < -0.39 is 0 Å². The van der Waals surface area contributed by atoms with E-state index in [0.29, 0.717) is 0 Å². The lowest BCUT2D eigenvalue weighted by atomic mass is 10.1. The van der Waals surface area contributed by atoms with Gasteiger partial charge in [-0.05, 0) is 38.5 Å². The Morgan fingerprint density at radius 2 is 1.16 bits per heavy atom. The van der Waals surface area contributed by atoms with Crippen LogP contribution < -0.4 is 0 Å². The summed E-state index contributed by atoms with van der Waals surface area (Å²) in [6, 6.07) is 0. The summed E-state index contributed by atoms with van der Waals surface area (Å²) in [5.41, 5.74) is 0. The zero-order valence-corrected chi connectivity index (χ0v) is 12.7. The quantitative estimate of drug-likeness (QED) is 0.262. The van der Waals surface area contributed by atoms with Crippen LogP contribution in [0.5, 0.6) is 0 Å². The fraction of sp³-hybridized carbons (Fsp3) is 0.667. The second-order valence-corrected chi connectivity index (χ2v) is 4.95. The molecule has 0 amide bonds. The molecule has 0 fully saturated rings. The molecule has 0 radical (unpaired) electrons. The minimum Gasteiger partial charge on any atom is -0.396 e. The fourth-order valence-electron chi connectivity index (χ4n) is 1.94. The van der Waals surface area contributed by atoms with E-state index in [4.69, 9.17) is 5.11 Å². The Labute approximate surface area is 120 Å². The van der Waals surface area contributed by atoms with Crippen molar-refractivity contribution in [2.24, 2.45) is 0 Å². The van der Waals surface area contributed by atoms with Crippen molar-refractivity contribution in [3.05, 3.63) is 36.5 Å². The van der Waals surface area contributed by atoms with Gasteiger partial charge in [0, 0.05) is 6.61 Å². The third-order valence-corrected chi connectivity index (χ3v) is 3.07. The molecule has 0 rings (SSSR count). The van der Waals surface area contributed by atoms with Crippen molar-refractivity contribution in [3.63, 3.8) is 0 Å². The van der Waals surface area contributed by atoms with Gasteiger partial charge >= 0.3 is 0 Å². The lowest BCUT2D eigenvalue weighted by Gasteiger charge is -1.99. The Morgan fingerprint density at radius 1 is 0.632 bits per heavy atom. The first-order valence-corrected chi connectivity index (χ1v) is 7.99. The maximum atomic E-state index is 8.59. The number of hydrogen-bond donors (Lipinski definition) is 1. The van der Waals surface area contributed by atoms with Gasteiger partial charge in [-0.1, -0.05) is 69.1 Å². The van der Waals surface area contributed by atoms with Crippen LogP contribution in [0.15, 0.2) is 36.5 Å². The minimum atomic E-state index is 0.249. The predicted molar refractivity (Wildman–Crippen MR) is 86.3 cm³/mol. The molecular formula is C18H32O. The smallest absolute Gasteiger partial charge is 0.0465 e. The first-order chi connectivity index (χ1) is 9.41. The maximum absolute atomic E-state index is 8.59. The molecule has 110 valence electrons. The molecule has 0 spiro atoms. The predicted octanol–water partition coefficient (Wildman–Crippen LogP) is 5.57. The van der Waals surface area contributed by atoms with E-state index >= 15 is 0 Å². The molecule has 19 heavy (non-hydrogen) atoms. The van der Waals surface area contributed by atoms with Crippen molar-refractivity contribution in [1.29, 1.82) is 0 Å². The molecule has 1 nitrogen and oxygen atoms in total. The van der Waals surface area contributed by atoms with E-state index in [2.05, 4.69) is 31.2 Å². The van der Waals surface area contributed by atoms with Crippen molar-refractivity contribution in [3.8, 4) is 0 Å². The Kier molecular flexibility index (Phi) is 16.4. The molecule has 1 heteroatoms. The van der Waals surface area contributed by atoms with Crippen molar-refractivity contribution in [1.82, 2.24) is 0 Å². The van der Waals surface area contributed by atoms with Gasteiger partial charge in [0.25, 0.3) is 0 Å². The Balaban J connectivity index is 3.12. The number of hydrogen-bond acceptors (Lipinski definition) is 1. The molecule has 1 N–H and O–H groups in total. The summed E-state index contributed by atoms with van der Waals surface area (Å²) in [7, 11) is 0. The fourth-order valence-corrected chi connectivity index (χ4v) is 1.94. The van der Waals surface area contributed by atoms with Crippen LogP contribution in [-0.4, -0.2) is 11.7 Å². The highest BCUT2D eigenvalue weighted by molar-refractivity contribution is 5.02. The molecule has 0 unspecified atom stereocenters. The van der Waals surface area contributed by atoms with E-state index in [1.807, 2.05) is 12.2 Å². The molecule has 0 aromatic rings. The van der Waals surface area contributed by atoms with Crippen LogP contribution in [-0.2, 0) is 0 Å². The van der Waals surface area contributed by atoms with E-state index in [1.165, 1.54) is 57.8 Å². The van der Waals surface area contributed by atoms with Crippen molar-refractivity contribution >= 4 is 0 Å². The molecular weight excluding hydrogens is 232 g/mol. The number of unbranched alkanes of at least 4 members (excludes halogenated alkanes) is 7. The molecule has 0 aliphatic rings. The molecule has 0 aromatic carbocycles. The van der Waals surface area contributed by atoms with Crippen molar-refractivity contribution < 1.29 is 5.11 Å². The second-order valence-electron chi connectivity index (χ2n) is 4.95. The zero-order chi connectivity index (χ0) is 14.0. The van der Waals surface area contributed by atoms with Crippen molar-refractivity contribution in [2.45, 2.75) is 71.1 Å². The maximum Gasteiger partial charge on any atom is 0.0465 e. The summed E-state index contributed by atoms with van der Waals surface area (Å²) in [6.45, 7) is 2.44. The van der Waals surface area contributed by atoms with Gasteiger partial charge in [0.2, 0.25) is 0 Å². The van der Waals surface area contributed by atoms with E-state index in [-0.39, 0.29) is 6.61 Å². The van der Waals surface area contributed by atoms with E-state index in [9.17, 15) is 0 Å². The molecule has 0 saturated heterocycles. The molecule has 0 heterocycles. The third-order valence-electron chi connectivity index (χ3n) is 3.07. The summed E-state index contributed by atoms with van der Waals surface area (Å²) in [6.07, 6.45) is 25.5. The number of allylic oxidation sites excluding steroid dienone is 5. The SMILES string of the molecule is CC/C=C/CCCCCCCC/C=C/C=C/CCO. The third kappa shape index (κ3) is 17.2. The topological polar surface area (TPSA) is 20.2 Å². The lowest BCUT2D eigenvalue weighted by Crippen LogP contribution is -1.79. The molecule has 0 aliphatic carbocycles. The number of aliphatic hydroxyl groups is 1. The highest BCUT2D eigenvalue weighted by Gasteiger charge is 1.89. The average molecular weight is 264 g/mol. The van der Waals surface area contributed by atoms with Gasteiger partial charge in [-0.25, -0.2) is 0 Å². The van der Waals surface area contributed by atoms with Crippen LogP contribution in [0.4, 0.5) is 0 Å². The standard InChI is InChI=1S/C18H32O/c1-2-3-4-5-6-7-8-9-10-11-12-13-14-15-16-17-18-19/h3-4,13-16,19H,2,5-12,17-18H2,1H3/b4-3+,14-13+,16-15+. The summed E-state index contributed by atoms with van der Waals surface area (Å²) in [5.74, 6) is 0. The van der Waals surface area contributed by atoms with Crippen LogP contribution >= 0.6 is 0 Å². The summed E-state index contributed by atoms with van der Waals surface area (Å²) in [5, 5.41) is 8.59. The molecule has 0 saturated carbocycles. The van der Waals surface area contributed by atoms with Gasteiger partial charge in [-0.15, -0.1) is 0 Å². The minimum absolute atomic E-state index is 0.249. The van der Waals surface area contributed by atoms with Gasteiger partial charge in [0.15, 0.2) is 0 Å². The van der Waals surface area contributed by atoms with Gasteiger partial charge in [0.1, 0.15) is 0 Å². The highest BCUT2D eigenvalue weighted by atomic mass is 16.2. The van der Waals surface area contributed by atoms with Gasteiger partial charge < -0.3 is 5.11 Å². The van der Waals surface area contributed by atoms with Crippen LogP contribution in [0.2, 0.25) is 0 Å². The largest absolute Gasteiger partial charge is 0.396 e. The monoisotopic (exact) mass is 264 g/mol. The van der Waals surface area contributed by atoms with Crippen LogP contribution in [0.1, 0.15) is 71.1 Å². The van der Waals surface area contributed by atoms with Crippen LogP contribution in [0.25, 0.3) is 0 Å². The normalized spacial score (nSPS) is 12.3. The Bertz CT molecular complexity index is 238. The first kappa shape index (κ1) is 18.2. The lowest BCUT2D eigenvalue weighted by molar-refractivity contribution is 0.302. The number of rotatable bonds is 13. The highest BCUT2D eigenvalue weighted by Crippen LogP contribution is 2.09. The Hall–Kier alpha value is -0.820. The molecule has 0 aromatic heterocycles. The molecule has 0 aliphatic heterocycles. The summed E-state index contributed by atoms with van der Waals surface area (Å²) < 4.78 is 0. The first-order valence-electron chi connectivity index (χ1n) is 7.99. The van der Waals surface area contributed by atoms with E-state index in [1.54, 1.807) is 0 Å². The zero-order valence-electron chi connectivity index (χ0n) is 12.7. The molecule has 0 atom stereocenters. The van der Waals surface area contributed by atoms with E-state index in [0.717, 1.165) is 6.42 Å². The summed E-state index contributed by atoms with van der Waals surface area (Å²) in [4.78, 5) is 0. The Morgan fingerprint density at radius 3 is 1.74 bits per heavy atom. The van der Waals surface area contributed by atoms with Crippen molar-refractivity contribution in [2.75, 3.05) is 6.61 Å². The number of aliphatic hydroxyl groups excluding tert-OH is 1. The van der Waals surface area contributed by atoms with Gasteiger partial charge in [-0.3, -0.25) is 0 Å². The second kappa shape index (κ2) is 17.2. The van der Waals surface area contributed by atoms with Gasteiger partial charge in [0.05, 0.1) is 0 Å². The van der Waals surface area contributed by atoms with Crippen LogP contribution in [0.3, 0.4) is 0 Å².